The number of thiazole rings is 1. The Bertz CT molecular complexity index is 1040. The largest absolute Gasteiger partial charge is 0.547 e. The summed E-state index contributed by atoms with van der Waals surface area (Å²) in [6.45, 7) is -0.223. The number of carbonyl (C=O) groups excluding carboxylic acids is 2. The fourth-order valence-corrected chi connectivity index (χ4v) is 3.57. The van der Waals surface area contributed by atoms with Gasteiger partial charge in [-0.1, -0.05) is 17.3 Å². The fraction of sp³-hybridized carbons (Fsp3) is 0.235. The zero-order valence-corrected chi connectivity index (χ0v) is 17.0. The SMILES string of the molecule is CON=C(C(=O)NC1Cc2cccc(C(=O)O)c2OB1O)c1csc(NC(=O)CN)n1. The Labute approximate surface area is 180 Å². The van der Waals surface area contributed by atoms with Gasteiger partial charge in [-0.05, 0) is 18.1 Å². The highest BCUT2D eigenvalue weighted by molar-refractivity contribution is 7.14. The molecule has 0 bridgehead atoms. The minimum atomic E-state index is -1.49. The number of carbonyl (C=O) groups is 3. The standard InChI is InChI=1S/C17H18BN5O7S/c1-29-23-13(10-7-31-17(20-10)22-12(24)6-19)15(25)21-11-5-8-3-2-4-9(16(26)27)14(8)30-18(11)28/h2-4,7,11,28H,5-6,19H2,1H3,(H,21,25)(H,26,27)(H,20,22,24). The van der Waals surface area contributed by atoms with Gasteiger partial charge in [0.25, 0.3) is 5.91 Å². The van der Waals surface area contributed by atoms with E-state index in [1.54, 1.807) is 12.1 Å². The molecule has 2 heterocycles. The van der Waals surface area contributed by atoms with Crippen LogP contribution < -0.4 is 21.0 Å². The molecule has 1 unspecified atom stereocenters. The zero-order chi connectivity index (χ0) is 22.5. The summed E-state index contributed by atoms with van der Waals surface area (Å²) < 4.78 is 5.36. The van der Waals surface area contributed by atoms with Gasteiger partial charge in [0.1, 0.15) is 18.6 Å². The summed E-state index contributed by atoms with van der Waals surface area (Å²) in [6.07, 6.45) is 0.124. The molecule has 3 rings (SSSR count). The van der Waals surface area contributed by atoms with Crippen molar-refractivity contribution in [1.29, 1.82) is 0 Å². The summed E-state index contributed by atoms with van der Waals surface area (Å²) >= 11 is 1.06. The van der Waals surface area contributed by atoms with Crippen molar-refractivity contribution in [2.24, 2.45) is 10.9 Å². The molecule has 1 aliphatic rings. The van der Waals surface area contributed by atoms with Crippen molar-refractivity contribution in [2.45, 2.75) is 12.4 Å². The van der Waals surface area contributed by atoms with Crippen LogP contribution >= 0.6 is 11.3 Å². The summed E-state index contributed by atoms with van der Waals surface area (Å²) in [7, 11) is -0.241. The van der Waals surface area contributed by atoms with Crippen molar-refractivity contribution in [1.82, 2.24) is 10.3 Å². The number of aromatic carboxylic acids is 1. The fourth-order valence-electron chi connectivity index (χ4n) is 2.86. The zero-order valence-electron chi connectivity index (χ0n) is 16.2. The highest BCUT2D eigenvalue weighted by Gasteiger charge is 2.38. The number of hydrogen-bond donors (Lipinski definition) is 5. The summed E-state index contributed by atoms with van der Waals surface area (Å²) in [5, 5.41) is 30.0. The lowest BCUT2D eigenvalue weighted by atomic mass is 9.72. The third-order valence-electron chi connectivity index (χ3n) is 4.24. The van der Waals surface area contributed by atoms with Crippen molar-refractivity contribution in [3.05, 3.63) is 40.4 Å². The van der Waals surface area contributed by atoms with Gasteiger partial charge in [-0.25, -0.2) is 9.78 Å². The molecule has 1 aromatic carbocycles. The monoisotopic (exact) mass is 447 g/mol. The molecule has 0 spiro atoms. The van der Waals surface area contributed by atoms with Gasteiger partial charge in [0.15, 0.2) is 10.8 Å². The number of rotatable bonds is 7. The number of oxime groups is 1. The van der Waals surface area contributed by atoms with Crippen molar-refractivity contribution in [3.8, 4) is 5.75 Å². The Balaban J connectivity index is 1.77. The van der Waals surface area contributed by atoms with Crippen LogP contribution in [0.3, 0.4) is 0 Å². The molecule has 0 aliphatic carbocycles. The van der Waals surface area contributed by atoms with E-state index in [-0.39, 0.29) is 40.8 Å². The molecule has 6 N–H and O–H groups in total. The van der Waals surface area contributed by atoms with Crippen LogP contribution in [0, 0.1) is 0 Å². The van der Waals surface area contributed by atoms with Crippen LogP contribution in [-0.2, 0) is 20.8 Å². The van der Waals surface area contributed by atoms with E-state index in [1.165, 1.54) is 18.6 Å². The van der Waals surface area contributed by atoms with E-state index in [9.17, 15) is 24.5 Å². The van der Waals surface area contributed by atoms with E-state index in [0.717, 1.165) is 11.3 Å². The third-order valence-corrected chi connectivity index (χ3v) is 5.00. The molecule has 1 aliphatic heterocycles. The maximum Gasteiger partial charge on any atom is 0.547 e. The van der Waals surface area contributed by atoms with E-state index >= 15 is 0 Å². The van der Waals surface area contributed by atoms with Crippen molar-refractivity contribution in [2.75, 3.05) is 19.0 Å². The molecule has 31 heavy (non-hydrogen) atoms. The molecule has 12 nitrogen and oxygen atoms in total. The molecule has 2 aromatic rings. The number of nitrogens with two attached hydrogens (primary N) is 1. The summed E-state index contributed by atoms with van der Waals surface area (Å²) in [5.41, 5.74) is 5.62. The van der Waals surface area contributed by atoms with Crippen LogP contribution in [0.4, 0.5) is 5.13 Å². The summed E-state index contributed by atoms with van der Waals surface area (Å²) in [5.74, 6) is -3.19. The molecule has 0 saturated heterocycles. The number of anilines is 1. The van der Waals surface area contributed by atoms with Gasteiger partial charge < -0.3 is 36.0 Å². The smallest absolute Gasteiger partial charge is 0.534 e. The first-order valence-corrected chi connectivity index (χ1v) is 9.79. The van der Waals surface area contributed by atoms with E-state index in [2.05, 4.69) is 20.8 Å². The van der Waals surface area contributed by atoms with Crippen LogP contribution in [0.5, 0.6) is 5.75 Å². The summed E-state index contributed by atoms with van der Waals surface area (Å²) in [4.78, 5) is 44.4. The maximum absolute atomic E-state index is 12.8. The van der Waals surface area contributed by atoms with Gasteiger partial charge in [0, 0.05) is 5.38 Å². The Hall–Kier alpha value is -3.49. The van der Waals surface area contributed by atoms with Crippen LogP contribution in [0.15, 0.2) is 28.7 Å². The molecule has 2 amide bonds. The molecular weight excluding hydrogens is 429 g/mol. The highest BCUT2D eigenvalue weighted by Crippen LogP contribution is 2.30. The number of carboxylic acid groups (broad SMARTS) is 1. The van der Waals surface area contributed by atoms with Crippen molar-refractivity contribution >= 4 is 47.1 Å². The quantitative estimate of drug-likeness (QED) is 0.206. The third kappa shape index (κ3) is 4.99. The van der Waals surface area contributed by atoms with Crippen molar-refractivity contribution < 1.29 is 34.0 Å². The van der Waals surface area contributed by atoms with Crippen LogP contribution in [0.1, 0.15) is 21.6 Å². The number of nitrogens with zero attached hydrogens (tertiary/aromatic N) is 2. The van der Waals surface area contributed by atoms with Crippen molar-refractivity contribution in [3.63, 3.8) is 0 Å². The first-order chi connectivity index (χ1) is 14.8. The number of aromatic nitrogens is 1. The molecule has 1 atom stereocenters. The molecule has 0 saturated carbocycles. The lowest BCUT2D eigenvalue weighted by Gasteiger charge is -2.28. The number of nitrogens with one attached hydrogen (secondary N) is 2. The second-order valence-corrected chi connectivity index (χ2v) is 7.16. The van der Waals surface area contributed by atoms with Crippen LogP contribution in [0.25, 0.3) is 0 Å². The first-order valence-electron chi connectivity index (χ1n) is 8.91. The second kappa shape index (κ2) is 9.55. The molecule has 14 heteroatoms. The van der Waals surface area contributed by atoms with E-state index in [1.807, 2.05) is 0 Å². The van der Waals surface area contributed by atoms with Crippen LogP contribution in [0.2, 0.25) is 0 Å². The Morgan fingerprint density at radius 3 is 2.90 bits per heavy atom. The number of hydrogen-bond acceptors (Lipinski definition) is 10. The predicted molar refractivity (Wildman–Crippen MR) is 111 cm³/mol. The summed E-state index contributed by atoms with van der Waals surface area (Å²) in [6, 6.07) is 4.55. The van der Waals surface area contributed by atoms with E-state index in [0.29, 0.717) is 5.56 Å². The van der Waals surface area contributed by atoms with E-state index in [4.69, 9.17) is 15.2 Å². The van der Waals surface area contributed by atoms with Gasteiger partial charge in [0.05, 0.1) is 18.0 Å². The topological polar surface area (TPSA) is 185 Å². The molecule has 0 radical (unpaired) electrons. The normalized spacial score (nSPS) is 15.5. The Kier molecular flexibility index (Phi) is 6.84. The number of carboxylic acids is 1. The van der Waals surface area contributed by atoms with Gasteiger partial charge in [-0.3, -0.25) is 9.59 Å². The average Bonchev–Trinajstić information content (AvgIpc) is 3.19. The second-order valence-electron chi connectivity index (χ2n) is 6.30. The van der Waals surface area contributed by atoms with Crippen LogP contribution in [-0.4, -0.2) is 65.3 Å². The predicted octanol–water partition coefficient (Wildman–Crippen LogP) is -0.771. The molecule has 162 valence electrons. The molecular formula is C17H18BN5O7S. The number of fused-ring (bicyclic) bond motifs is 1. The number of amides is 2. The average molecular weight is 447 g/mol. The Morgan fingerprint density at radius 1 is 1.45 bits per heavy atom. The lowest BCUT2D eigenvalue weighted by Crippen LogP contribution is -2.54. The minimum absolute atomic E-state index is 0.0542. The number of benzene rings is 1. The van der Waals surface area contributed by atoms with Gasteiger partial charge in [0.2, 0.25) is 5.91 Å². The van der Waals surface area contributed by atoms with Gasteiger partial charge in [-0.2, -0.15) is 0 Å². The number of para-hydroxylation sites is 1. The Morgan fingerprint density at radius 2 is 2.23 bits per heavy atom. The molecule has 1 aromatic heterocycles. The highest BCUT2D eigenvalue weighted by atomic mass is 32.1. The van der Waals surface area contributed by atoms with E-state index < -0.39 is 30.8 Å². The maximum atomic E-state index is 12.8. The molecule has 0 fully saturated rings. The first kappa shape index (κ1) is 22.2. The van der Waals surface area contributed by atoms with Gasteiger partial charge >= 0.3 is 13.1 Å². The lowest BCUT2D eigenvalue weighted by molar-refractivity contribution is -0.115. The van der Waals surface area contributed by atoms with Gasteiger partial charge in [-0.15, -0.1) is 11.3 Å². The minimum Gasteiger partial charge on any atom is -0.534 e.